The van der Waals surface area contributed by atoms with E-state index in [1.807, 2.05) is 38.4 Å². The Hall–Kier alpha value is -1.24. The molecule has 0 unspecified atom stereocenters. The summed E-state index contributed by atoms with van der Waals surface area (Å²) in [5.74, 6) is -0.282. The lowest BCUT2D eigenvalue weighted by atomic mass is 10.1. The average Bonchev–Trinajstić information content (AvgIpc) is 2.79. The molecule has 2 rings (SSSR count). The molecule has 7 heteroatoms. The molecule has 2 aromatic rings. The molecule has 0 bridgehead atoms. The third-order valence-electron chi connectivity index (χ3n) is 2.56. The van der Waals surface area contributed by atoms with Crippen molar-refractivity contribution in [3.63, 3.8) is 0 Å². The third-order valence-corrected chi connectivity index (χ3v) is 4.35. The number of thiazole rings is 1. The Morgan fingerprint density at radius 3 is 2.71 bits per heavy atom. The second-order valence-electron chi connectivity index (χ2n) is 4.56. The van der Waals surface area contributed by atoms with Crippen LogP contribution < -0.4 is 0 Å². The van der Waals surface area contributed by atoms with Gasteiger partial charge in [0.25, 0.3) is 5.91 Å². The maximum absolute atomic E-state index is 12.1. The number of aliphatic imine (C=N–C) groups is 1. The first-order valence-corrected chi connectivity index (χ1v) is 8.09. The van der Waals surface area contributed by atoms with Gasteiger partial charge in [-0.2, -0.15) is 4.99 Å². The van der Waals surface area contributed by atoms with E-state index in [2.05, 4.69) is 25.9 Å². The Morgan fingerprint density at radius 1 is 1.43 bits per heavy atom. The van der Waals surface area contributed by atoms with Crippen molar-refractivity contribution in [3.8, 4) is 0 Å². The standard InChI is InChI=1S/C14H13BrClN3OS/c1-19(2)8-17-13(20)12-11(18-14(15)21-12)7-9-3-5-10(16)6-4-9/h3-6,8H,7H2,1-2H3. The molecule has 0 aliphatic carbocycles. The molecule has 110 valence electrons. The first kappa shape index (κ1) is 16.1. The van der Waals surface area contributed by atoms with E-state index in [9.17, 15) is 4.79 Å². The maximum atomic E-state index is 12.1. The fourth-order valence-electron chi connectivity index (χ4n) is 1.63. The number of rotatable bonds is 4. The number of carbonyl (C=O) groups is 1. The smallest absolute Gasteiger partial charge is 0.290 e. The van der Waals surface area contributed by atoms with Crippen LogP contribution in [-0.2, 0) is 6.42 Å². The Morgan fingerprint density at radius 2 is 2.10 bits per heavy atom. The number of carbonyl (C=O) groups excluding carboxylic acids is 1. The molecule has 0 saturated carbocycles. The van der Waals surface area contributed by atoms with E-state index < -0.39 is 0 Å². The van der Waals surface area contributed by atoms with E-state index in [0.717, 1.165) is 11.3 Å². The fourth-order valence-corrected chi connectivity index (χ4v) is 3.16. The van der Waals surface area contributed by atoms with Crippen molar-refractivity contribution in [1.29, 1.82) is 0 Å². The van der Waals surface area contributed by atoms with Crippen molar-refractivity contribution in [1.82, 2.24) is 9.88 Å². The molecule has 1 aromatic carbocycles. The van der Waals surface area contributed by atoms with Gasteiger partial charge in [0.1, 0.15) is 4.88 Å². The van der Waals surface area contributed by atoms with Crippen LogP contribution in [0.25, 0.3) is 0 Å². The van der Waals surface area contributed by atoms with Gasteiger partial charge in [-0.05, 0) is 33.6 Å². The molecular formula is C14H13BrClN3OS. The molecule has 0 fully saturated rings. The predicted octanol–water partition coefficient (Wildman–Crippen LogP) is 3.88. The van der Waals surface area contributed by atoms with Crippen LogP contribution in [0.2, 0.25) is 5.02 Å². The van der Waals surface area contributed by atoms with Crippen molar-refractivity contribution in [2.75, 3.05) is 14.1 Å². The third kappa shape index (κ3) is 4.62. The predicted molar refractivity (Wildman–Crippen MR) is 90.6 cm³/mol. The molecule has 1 aromatic heterocycles. The van der Waals surface area contributed by atoms with E-state index in [1.54, 1.807) is 4.90 Å². The van der Waals surface area contributed by atoms with E-state index in [0.29, 0.717) is 20.2 Å². The van der Waals surface area contributed by atoms with Gasteiger partial charge in [0.05, 0.1) is 12.0 Å². The molecule has 1 amide bonds. The van der Waals surface area contributed by atoms with Crippen LogP contribution in [0.4, 0.5) is 0 Å². The van der Waals surface area contributed by atoms with E-state index >= 15 is 0 Å². The minimum absolute atomic E-state index is 0.282. The molecule has 0 aliphatic rings. The summed E-state index contributed by atoms with van der Waals surface area (Å²) in [5, 5.41) is 0.685. The lowest BCUT2D eigenvalue weighted by Gasteiger charge is -2.02. The monoisotopic (exact) mass is 385 g/mol. The summed E-state index contributed by atoms with van der Waals surface area (Å²) in [6.07, 6.45) is 2.06. The number of nitrogens with zero attached hydrogens (tertiary/aromatic N) is 3. The van der Waals surface area contributed by atoms with Crippen molar-refractivity contribution in [2.24, 2.45) is 4.99 Å². The molecule has 0 aliphatic heterocycles. The first-order chi connectivity index (χ1) is 9.95. The lowest BCUT2D eigenvalue weighted by molar-refractivity contribution is 0.100. The summed E-state index contributed by atoms with van der Waals surface area (Å²) in [7, 11) is 3.63. The van der Waals surface area contributed by atoms with Crippen molar-refractivity contribution in [2.45, 2.75) is 6.42 Å². The van der Waals surface area contributed by atoms with E-state index in [-0.39, 0.29) is 5.91 Å². The van der Waals surface area contributed by atoms with Crippen molar-refractivity contribution >= 4 is 51.1 Å². The summed E-state index contributed by atoms with van der Waals surface area (Å²) in [6, 6.07) is 7.49. The van der Waals surface area contributed by atoms with Gasteiger partial charge in [-0.25, -0.2) is 4.98 Å². The van der Waals surface area contributed by atoms with Gasteiger partial charge in [-0.1, -0.05) is 23.7 Å². The maximum Gasteiger partial charge on any atom is 0.290 e. The number of aromatic nitrogens is 1. The minimum Gasteiger partial charge on any atom is -0.369 e. The van der Waals surface area contributed by atoms with Crippen LogP contribution in [0, 0.1) is 0 Å². The fraction of sp³-hybridized carbons (Fsp3) is 0.214. The molecule has 1 heterocycles. The van der Waals surface area contributed by atoms with Crippen LogP contribution in [0.1, 0.15) is 20.9 Å². The van der Waals surface area contributed by atoms with Gasteiger partial charge >= 0.3 is 0 Å². The molecular weight excluding hydrogens is 374 g/mol. The zero-order valence-corrected chi connectivity index (χ0v) is 14.7. The zero-order valence-electron chi connectivity index (χ0n) is 11.5. The van der Waals surface area contributed by atoms with Crippen molar-refractivity contribution in [3.05, 3.63) is 49.3 Å². The number of hydrogen-bond donors (Lipinski definition) is 0. The quantitative estimate of drug-likeness (QED) is 0.592. The summed E-state index contributed by atoms with van der Waals surface area (Å²) >= 11 is 10.5. The summed E-state index contributed by atoms with van der Waals surface area (Å²) in [5.41, 5.74) is 1.76. The Labute approximate surface area is 140 Å². The Kier molecular flexibility index (Phi) is 5.50. The number of halogens is 2. The molecule has 4 nitrogen and oxygen atoms in total. The largest absolute Gasteiger partial charge is 0.369 e. The topological polar surface area (TPSA) is 45.6 Å². The van der Waals surface area contributed by atoms with Gasteiger partial charge in [0.2, 0.25) is 0 Å². The Balaban J connectivity index is 2.24. The SMILES string of the molecule is CN(C)C=NC(=O)c1sc(Br)nc1Cc1ccc(Cl)cc1. The van der Waals surface area contributed by atoms with Crippen LogP contribution in [-0.4, -0.2) is 36.2 Å². The number of benzene rings is 1. The van der Waals surface area contributed by atoms with Crippen LogP contribution in [0.5, 0.6) is 0 Å². The van der Waals surface area contributed by atoms with Gasteiger partial charge in [-0.3, -0.25) is 4.79 Å². The lowest BCUT2D eigenvalue weighted by Crippen LogP contribution is -2.10. The second-order valence-corrected chi connectivity index (χ2v) is 7.27. The van der Waals surface area contributed by atoms with E-state index in [1.165, 1.54) is 17.7 Å². The molecule has 0 radical (unpaired) electrons. The van der Waals surface area contributed by atoms with Gasteiger partial charge < -0.3 is 4.90 Å². The zero-order chi connectivity index (χ0) is 15.4. The average molecular weight is 387 g/mol. The first-order valence-electron chi connectivity index (χ1n) is 6.10. The minimum atomic E-state index is -0.282. The summed E-state index contributed by atoms with van der Waals surface area (Å²) in [4.78, 5) is 22.7. The second kappa shape index (κ2) is 7.15. The van der Waals surface area contributed by atoms with Crippen LogP contribution in [0.3, 0.4) is 0 Å². The van der Waals surface area contributed by atoms with Gasteiger partial charge in [0, 0.05) is 25.5 Å². The molecule has 0 N–H and O–H groups in total. The summed E-state index contributed by atoms with van der Waals surface area (Å²) < 4.78 is 0.676. The highest BCUT2D eigenvalue weighted by Gasteiger charge is 2.17. The highest BCUT2D eigenvalue weighted by Crippen LogP contribution is 2.26. The van der Waals surface area contributed by atoms with Crippen molar-refractivity contribution < 1.29 is 4.79 Å². The van der Waals surface area contributed by atoms with E-state index in [4.69, 9.17) is 11.6 Å². The number of hydrogen-bond acceptors (Lipinski definition) is 3. The van der Waals surface area contributed by atoms with Crippen LogP contribution in [0.15, 0.2) is 33.2 Å². The molecule has 0 saturated heterocycles. The highest BCUT2D eigenvalue weighted by atomic mass is 79.9. The van der Waals surface area contributed by atoms with Gasteiger partial charge in [-0.15, -0.1) is 11.3 Å². The van der Waals surface area contributed by atoms with Crippen LogP contribution >= 0.6 is 38.9 Å². The highest BCUT2D eigenvalue weighted by molar-refractivity contribution is 9.11. The normalized spacial score (nSPS) is 11.0. The summed E-state index contributed by atoms with van der Waals surface area (Å²) in [6.45, 7) is 0. The molecule has 0 atom stereocenters. The molecule has 21 heavy (non-hydrogen) atoms. The number of amides is 1. The molecule has 0 spiro atoms. The Bertz CT molecular complexity index is 667. The van der Waals surface area contributed by atoms with Gasteiger partial charge in [0.15, 0.2) is 3.92 Å².